The molecule has 2 atom stereocenters. The van der Waals surface area contributed by atoms with Crippen molar-refractivity contribution in [2.75, 3.05) is 0 Å². The molecular weight excluding hydrogens is 426 g/mol. The van der Waals surface area contributed by atoms with Crippen LogP contribution in [0.1, 0.15) is 53.6 Å². The van der Waals surface area contributed by atoms with Crippen molar-refractivity contribution in [2.24, 2.45) is 7.05 Å². The van der Waals surface area contributed by atoms with Crippen molar-refractivity contribution in [3.8, 4) is 11.4 Å². The maximum atomic E-state index is 13.3. The van der Waals surface area contributed by atoms with Crippen LogP contribution < -0.4 is 5.32 Å². The highest BCUT2D eigenvalue weighted by atomic mass is 16.3. The van der Waals surface area contributed by atoms with Crippen molar-refractivity contribution in [3.05, 3.63) is 77.7 Å². The van der Waals surface area contributed by atoms with Crippen LogP contribution in [0, 0.1) is 0 Å². The molecule has 7 heteroatoms. The Balaban J connectivity index is 1.40. The Morgan fingerprint density at radius 3 is 2.74 bits per heavy atom. The third-order valence-corrected chi connectivity index (χ3v) is 6.51. The summed E-state index contributed by atoms with van der Waals surface area (Å²) in [4.78, 5) is 22.4. The van der Waals surface area contributed by atoms with Gasteiger partial charge in [0.05, 0.1) is 28.9 Å². The minimum Gasteiger partial charge on any atom is -0.391 e. The molecule has 1 aliphatic rings. The Kier molecular flexibility index (Phi) is 6.36. The standard InChI is InChI=1S/C27H29N5O2/c1-32-13-11-23(31-32)22-10-9-18(17-29-22)14-19-15-20-6-5-12-28-26(20)21(16-19)27(34)30-24-7-3-2-4-8-25(24)33/h5-6,9-13,15-17,24-25,33H,2-4,7-8,14H2,1H3,(H,30,34)/t24-,25-/m0/s1. The van der Waals surface area contributed by atoms with E-state index < -0.39 is 6.10 Å². The summed E-state index contributed by atoms with van der Waals surface area (Å²) in [5.74, 6) is -0.180. The largest absolute Gasteiger partial charge is 0.391 e. The first-order chi connectivity index (χ1) is 16.6. The van der Waals surface area contributed by atoms with Crippen molar-refractivity contribution in [2.45, 2.75) is 50.7 Å². The number of nitrogens with zero attached hydrogens (tertiary/aromatic N) is 4. The van der Waals surface area contributed by atoms with E-state index in [1.807, 2.05) is 55.8 Å². The van der Waals surface area contributed by atoms with Crippen LogP contribution in [0.3, 0.4) is 0 Å². The normalized spacial score (nSPS) is 18.5. The van der Waals surface area contributed by atoms with E-state index in [2.05, 4.69) is 26.4 Å². The Morgan fingerprint density at radius 2 is 1.94 bits per heavy atom. The Hall–Kier alpha value is -3.58. The number of benzene rings is 1. The number of aliphatic hydroxyl groups excluding tert-OH is 1. The molecule has 3 heterocycles. The molecule has 0 unspecified atom stereocenters. The van der Waals surface area contributed by atoms with Gasteiger partial charge in [0.15, 0.2) is 0 Å². The summed E-state index contributed by atoms with van der Waals surface area (Å²) in [5, 5.41) is 18.9. The zero-order valence-corrected chi connectivity index (χ0v) is 19.3. The number of amides is 1. The number of carbonyl (C=O) groups excluding carboxylic acids is 1. The fourth-order valence-electron chi connectivity index (χ4n) is 4.70. The van der Waals surface area contributed by atoms with Gasteiger partial charge in [-0.1, -0.05) is 31.4 Å². The molecular formula is C27H29N5O2. The van der Waals surface area contributed by atoms with E-state index in [9.17, 15) is 9.90 Å². The quantitative estimate of drug-likeness (QED) is 0.443. The molecule has 0 radical (unpaired) electrons. The number of rotatable bonds is 5. The van der Waals surface area contributed by atoms with Crippen LogP contribution in [-0.4, -0.2) is 42.9 Å². The number of nitrogens with one attached hydrogen (secondary N) is 1. The van der Waals surface area contributed by atoms with Gasteiger partial charge in [0.1, 0.15) is 5.69 Å². The average molecular weight is 456 g/mol. The maximum Gasteiger partial charge on any atom is 0.253 e. The SMILES string of the molecule is Cn1ccc(-c2ccc(Cc3cc(C(=O)N[C@H]4CCCCC[C@@H]4O)c4ncccc4c3)cn2)n1. The second-order valence-electron chi connectivity index (χ2n) is 9.11. The summed E-state index contributed by atoms with van der Waals surface area (Å²) in [6, 6.07) is 13.6. The first kappa shape index (κ1) is 22.2. The number of aryl methyl sites for hydroxylation is 1. The molecule has 1 fully saturated rings. The number of hydrogen-bond donors (Lipinski definition) is 2. The van der Waals surface area contributed by atoms with Gasteiger partial charge in [0.2, 0.25) is 0 Å². The summed E-state index contributed by atoms with van der Waals surface area (Å²) >= 11 is 0. The van der Waals surface area contributed by atoms with Crippen molar-refractivity contribution < 1.29 is 9.90 Å². The van der Waals surface area contributed by atoms with Crippen molar-refractivity contribution in [1.29, 1.82) is 0 Å². The maximum absolute atomic E-state index is 13.3. The van der Waals surface area contributed by atoms with E-state index in [4.69, 9.17) is 0 Å². The zero-order valence-electron chi connectivity index (χ0n) is 19.3. The van der Waals surface area contributed by atoms with Crippen LogP contribution in [0.25, 0.3) is 22.3 Å². The lowest BCUT2D eigenvalue weighted by Crippen LogP contribution is -2.42. The van der Waals surface area contributed by atoms with E-state index in [1.54, 1.807) is 10.9 Å². The molecule has 4 aromatic rings. The molecule has 0 saturated heterocycles. The summed E-state index contributed by atoms with van der Waals surface area (Å²) in [6.45, 7) is 0. The number of carbonyl (C=O) groups is 1. The summed E-state index contributed by atoms with van der Waals surface area (Å²) in [6.07, 6.45) is 10.2. The first-order valence-electron chi connectivity index (χ1n) is 11.9. The highest BCUT2D eigenvalue weighted by molar-refractivity contribution is 6.06. The second kappa shape index (κ2) is 9.73. The molecule has 7 nitrogen and oxygen atoms in total. The average Bonchev–Trinajstić information content (AvgIpc) is 3.18. The van der Waals surface area contributed by atoms with Crippen molar-refractivity contribution >= 4 is 16.8 Å². The van der Waals surface area contributed by atoms with Crippen LogP contribution in [0.15, 0.2) is 61.1 Å². The molecule has 0 aliphatic heterocycles. The lowest BCUT2D eigenvalue weighted by atomic mass is 9.99. The van der Waals surface area contributed by atoms with E-state index in [0.29, 0.717) is 17.5 Å². The zero-order chi connectivity index (χ0) is 23.5. The van der Waals surface area contributed by atoms with Crippen molar-refractivity contribution in [1.82, 2.24) is 25.1 Å². The summed E-state index contributed by atoms with van der Waals surface area (Å²) in [7, 11) is 1.89. The van der Waals surface area contributed by atoms with E-state index in [1.165, 1.54) is 0 Å². The molecule has 1 aromatic carbocycles. The Labute approximate surface area is 198 Å². The fraction of sp³-hybridized carbons (Fsp3) is 0.333. The Bertz CT molecular complexity index is 1300. The number of fused-ring (bicyclic) bond motifs is 1. The van der Waals surface area contributed by atoms with Crippen LogP contribution in [-0.2, 0) is 13.5 Å². The topological polar surface area (TPSA) is 92.9 Å². The van der Waals surface area contributed by atoms with Crippen molar-refractivity contribution in [3.63, 3.8) is 0 Å². The predicted octanol–water partition coefficient (Wildman–Crippen LogP) is 4.04. The highest BCUT2D eigenvalue weighted by Crippen LogP contribution is 2.24. The third-order valence-electron chi connectivity index (χ3n) is 6.51. The fourth-order valence-corrected chi connectivity index (χ4v) is 4.70. The molecule has 174 valence electrons. The van der Waals surface area contributed by atoms with Crippen LogP contribution in [0.5, 0.6) is 0 Å². The van der Waals surface area contributed by atoms with Crippen LogP contribution in [0.2, 0.25) is 0 Å². The molecule has 5 rings (SSSR count). The lowest BCUT2D eigenvalue weighted by molar-refractivity contribution is 0.0820. The van der Waals surface area contributed by atoms with Gasteiger partial charge in [0, 0.05) is 31.0 Å². The molecule has 1 saturated carbocycles. The number of pyridine rings is 2. The number of aromatic nitrogens is 4. The molecule has 3 aromatic heterocycles. The molecule has 34 heavy (non-hydrogen) atoms. The minimum absolute atomic E-state index is 0.180. The second-order valence-corrected chi connectivity index (χ2v) is 9.11. The predicted molar refractivity (Wildman–Crippen MR) is 131 cm³/mol. The van der Waals surface area contributed by atoms with Crippen LogP contribution in [0.4, 0.5) is 0 Å². The molecule has 0 bridgehead atoms. The van der Waals surface area contributed by atoms with E-state index in [0.717, 1.165) is 60.0 Å². The van der Waals surface area contributed by atoms with Gasteiger partial charge in [0.25, 0.3) is 5.91 Å². The van der Waals surface area contributed by atoms with Gasteiger partial charge < -0.3 is 10.4 Å². The smallest absolute Gasteiger partial charge is 0.253 e. The molecule has 0 spiro atoms. The van der Waals surface area contributed by atoms with Gasteiger partial charge in [-0.25, -0.2) is 0 Å². The van der Waals surface area contributed by atoms with Gasteiger partial charge in [-0.3, -0.25) is 19.4 Å². The summed E-state index contributed by atoms with van der Waals surface area (Å²) in [5.41, 5.74) is 4.95. The third kappa shape index (κ3) is 4.84. The van der Waals surface area contributed by atoms with Gasteiger partial charge in [-0.15, -0.1) is 0 Å². The van der Waals surface area contributed by atoms with Gasteiger partial charge >= 0.3 is 0 Å². The van der Waals surface area contributed by atoms with E-state index in [-0.39, 0.29) is 11.9 Å². The molecule has 1 amide bonds. The molecule has 1 aliphatic carbocycles. The minimum atomic E-state index is -0.502. The summed E-state index contributed by atoms with van der Waals surface area (Å²) < 4.78 is 1.76. The molecule has 2 N–H and O–H groups in total. The monoisotopic (exact) mass is 455 g/mol. The van der Waals surface area contributed by atoms with Gasteiger partial charge in [-0.05, 0) is 60.7 Å². The van der Waals surface area contributed by atoms with Gasteiger partial charge in [-0.2, -0.15) is 5.10 Å². The van der Waals surface area contributed by atoms with E-state index >= 15 is 0 Å². The first-order valence-corrected chi connectivity index (χ1v) is 11.9. The highest BCUT2D eigenvalue weighted by Gasteiger charge is 2.24. The number of aliphatic hydroxyl groups is 1. The number of hydrogen-bond acceptors (Lipinski definition) is 5. The Morgan fingerprint density at radius 1 is 1.06 bits per heavy atom. The van der Waals surface area contributed by atoms with Crippen LogP contribution >= 0.6 is 0 Å². The lowest BCUT2D eigenvalue weighted by Gasteiger charge is -2.22.